The number of nitrogens with one attached hydrogen (secondary N) is 2. The first-order valence-electron chi connectivity index (χ1n) is 6.99. The van der Waals surface area contributed by atoms with E-state index in [0.717, 1.165) is 13.0 Å². The van der Waals surface area contributed by atoms with Crippen LogP contribution in [0.4, 0.5) is 5.69 Å². The number of anilines is 1. The molecule has 1 aliphatic rings. The molecule has 1 aliphatic heterocycles. The molecule has 0 radical (unpaired) electrons. The number of benzene rings is 1. The van der Waals surface area contributed by atoms with Gasteiger partial charge in [0, 0.05) is 25.2 Å². The van der Waals surface area contributed by atoms with Crippen LogP contribution in [0.25, 0.3) is 0 Å². The smallest absolute Gasteiger partial charge is 0.242 e. The molecule has 112 valence electrons. The third kappa shape index (κ3) is 3.31. The zero-order chi connectivity index (χ0) is 14.8. The summed E-state index contributed by atoms with van der Waals surface area (Å²) in [5.74, 6) is 0. The van der Waals surface area contributed by atoms with Gasteiger partial charge in [-0.2, -0.15) is 0 Å². The summed E-state index contributed by atoms with van der Waals surface area (Å²) in [5.41, 5.74) is 0.681. The average Bonchev–Trinajstić information content (AvgIpc) is 2.68. The van der Waals surface area contributed by atoms with E-state index >= 15 is 0 Å². The number of likely N-dealkylation sites (N-methyl/N-ethyl adjacent to an activating group) is 1. The highest BCUT2D eigenvalue weighted by atomic mass is 32.2. The summed E-state index contributed by atoms with van der Waals surface area (Å²) in [6.07, 6.45) is 1.02. The Morgan fingerprint density at radius 3 is 2.65 bits per heavy atom. The van der Waals surface area contributed by atoms with Crippen LogP contribution >= 0.6 is 0 Å². The van der Waals surface area contributed by atoms with Crippen LogP contribution in [0, 0.1) is 0 Å². The highest BCUT2D eigenvalue weighted by Crippen LogP contribution is 2.25. The Bertz CT molecular complexity index is 549. The first-order valence-corrected chi connectivity index (χ1v) is 8.48. The first kappa shape index (κ1) is 15.3. The normalized spacial score (nSPS) is 23.9. The monoisotopic (exact) mass is 297 g/mol. The maximum Gasteiger partial charge on any atom is 0.242 e. The van der Waals surface area contributed by atoms with Gasteiger partial charge in [-0.15, -0.1) is 0 Å². The second-order valence-electron chi connectivity index (χ2n) is 5.36. The van der Waals surface area contributed by atoms with Gasteiger partial charge in [-0.3, -0.25) is 0 Å². The van der Waals surface area contributed by atoms with Crippen molar-refractivity contribution in [3.8, 4) is 0 Å². The lowest BCUT2D eigenvalue weighted by Gasteiger charge is -2.17. The average molecular weight is 297 g/mol. The van der Waals surface area contributed by atoms with Crippen molar-refractivity contribution in [2.24, 2.45) is 0 Å². The maximum atomic E-state index is 12.2. The molecule has 5 nitrogen and oxygen atoms in total. The van der Waals surface area contributed by atoms with Gasteiger partial charge in [-0.1, -0.05) is 19.1 Å². The van der Waals surface area contributed by atoms with Crippen LogP contribution < -0.4 is 10.0 Å². The summed E-state index contributed by atoms with van der Waals surface area (Å²) in [4.78, 5) is 2.60. The van der Waals surface area contributed by atoms with Gasteiger partial charge < -0.3 is 10.2 Å². The number of sulfonamides is 1. The van der Waals surface area contributed by atoms with E-state index in [2.05, 4.69) is 28.9 Å². The Morgan fingerprint density at radius 1 is 1.35 bits per heavy atom. The molecule has 0 spiro atoms. The molecule has 6 heteroatoms. The fourth-order valence-corrected chi connectivity index (χ4v) is 3.82. The SMILES string of the molecule is CCNS(=O)(=O)c1ccccc1NC1CC(C)N(C)C1. The minimum absolute atomic E-state index is 0.285. The summed E-state index contributed by atoms with van der Waals surface area (Å²) in [7, 11) is -1.34. The number of nitrogens with zero attached hydrogens (tertiary/aromatic N) is 1. The topological polar surface area (TPSA) is 61.4 Å². The third-order valence-corrected chi connectivity index (χ3v) is 5.36. The van der Waals surface area contributed by atoms with Crippen molar-refractivity contribution in [1.29, 1.82) is 0 Å². The highest BCUT2D eigenvalue weighted by molar-refractivity contribution is 7.89. The molecule has 0 saturated carbocycles. The largest absolute Gasteiger partial charge is 0.380 e. The highest BCUT2D eigenvalue weighted by Gasteiger charge is 2.27. The molecule has 1 heterocycles. The van der Waals surface area contributed by atoms with Crippen molar-refractivity contribution in [2.45, 2.75) is 37.2 Å². The molecule has 2 N–H and O–H groups in total. The van der Waals surface area contributed by atoms with Crippen LogP contribution in [0.3, 0.4) is 0 Å². The molecule has 20 heavy (non-hydrogen) atoms. The van der Waals surface area contributed by atoms with Crippen LogP contribution in [0.15, 0.2) is 29.2 Å². The van der Waals surface area contributed by atoms with Crippen molar-refractivity contribution in [2.75, 3.05) is 25.5 Å². The van der Waals surface area contributed by atoms with Gasteiger partial charge in [-0.05, 0) is 32.5 Å². The molecule has 0 bridgehead atoms. The van der Waals surface area contributed by atoms with Crippen LogP contribution in [-0.4, -0.2) is 45.5 Å². The van der Waals surface area contributed by atoms with Gasteiger partial charge in [0.1, 0.15) is 4.90 Å². The van der Waals surface area contributed by atoms with Crippen LogP contribution in [-0.2, 0) is 10.0 Å². The Hall–Kier alpha value is -1.11. The zero-order valence-corrected chi connectivity index (χ0v) is 13.1. The predicted molar refractivity (Wildman–Crippen MR) is 81.4 cm³/mol. The van der Waals surface area contributed by atoms with Gasteiger partial charge >= 0.3 is 0 Å². The number of likely N-dealkylation sites (tertiary alicyclic amines) is 1. The molecule has 2 unspecified atom stereocenters. The lowest BCUT2D eigenvalue weighted by atomic mass is 10.2. The quantitative estimate of drug-likeness (QED) is 0.864. The first-order chi connectivity index (χ1) is 9.44. The molecule has 2 rings (SSSR count). The number of rotatable bonds is 5. The van der Waals surface area contributed by atoms with E-state index in [1.807, 2.05) is 12.1 Å². The molecule has 0 aliphatic carbocycles. The second-order valence-corrected chi connectivity index (χ2v) is 7.10. The molecule has 1 aromatic carbocycles. The van der Waals surface area contributed by atoms with Gasteiger partial charge in [0.05, 0.1) is 5.69 Å². The van der Waals surface area contributed by atoms with Gasteiger partial charge in [-0.25, -0.2) is 13.1 Å². The molecule has 0 aromatic heterocycles. The summed E-state index contributed by atoms with van der Waals surface area (Å²) < 4.78 is 26.9. The molecule has 2 atom stereocenters. The summed E-state index contributed by atoms with van der Waals surface area (Å²) in [5, 5.41) is 3.37. The Morgan fingerprint density at radius 2 is 2.05 bits per heavy atom. The molecule has 1 saturated heterocycles. The molecular formula is C14H23N3O2S. The third-order valence-electron chi connectivity index (χ3n) is 3.76. The molecule has 1 fully saturated rings. The van der Waals surface area contributed by atoms with Crippen molar-refractivity contribution >= 4 is 15.7 Å². The van der Waals surface area contributed by atoms with E-state index in [0.29, 0.717) is 23.2 Å². The van der Waals surface area contributed by atoms with Crippen molar-refractivity contribution < 1.29 is 8.42 Å². The van der Waals surface area contributed by atoms with Crippen LogP contribution in [0.2, 0.25) is 0 Å². The lowest BCUT2D eigenvalue weighted by molar-refractivity contribution is 0.330. The van der Waals surface area contributed by atoms with Gasteiger partial charge in [0.15, 0.2) is 0 Å². The van der Waals surface area contributed by atoms with E-state index in [1.54, 1.807) is 19.1 Å². The van der Waals surface area contributed by atoms with Crippen molar-refractivity contribution in [3.05, 3.63) is 24.3 Å². The molecule has 1 aromatic rings. The second kappa shape index (κ2) is 6.11. The van der Waals surface area contributed by atoms with Crippen LogP contribution in [0.5, 0.6) is 0 Å². The maximum absolute atomic E-state index is 12.2. The van der Waals surface area contributed by atoms with E-state index in [-0.39, 0.29) is 6.04 Å². The predicted octanol–water partition coefficient (Wildman–Crippen LogP) is 1.49. The summed E-state index contributed by atoms with van der Waals surface area (Å²) in [6, 6.07) is 7.88. The van der Waals surface area contributed by atoms with Gasteiger partial charge in [0.25, 0.3) is 0 Å². The Balaban J connectivity index is 2.21. The standard InChI is InChI=1S/C14H23N3O2S/c1-4-15-20(18,19)14-8-6-5-7-13(14)16-12-9-11(2)17(3)10-12/h5-8,11-12,15-16H,4,9-10H2,1-3H3. The van der Waals surface area contributed by atoms with E-state index in [9.17, 15) is 8.42 Å². The Kier molecular flexibility index (Phi) is 4.67. The number of hydrogen-bond acceptors (Lipinski definition) is 4. The fraction of sp³-hybridized carbons (Fsp3) is 0.571. The molecular weight excluding hydrogens is 274 g/mol. The summed E-state index contributed by atoms with van der Waals surface area (Å²) in [6.45, 7) is 5.28. The number of hydrogen-bond donors (Lipinski definition) is 2. The van der Waals surface area contributed by atoms with Gasteiger partial charge in [0.2, 0.25) is 10.0 Å². The summed E-state index contributed by atoms with van der Waals surface area (Å²) >= 11 is 0. The fourth-order valence-electron chi connectivity index (χ4n) is 2.61. The van der Waals surface area contributed by atoms with Crippen molar-refractivity contribution in [3.63, 3.8) is 0 Å². The van der Waals surface area contributed by atoms with E-state index in [4.69, 9.17) is 0 Å². The lowest BCUT2D eigenvalue weighted by Crippen LogP contribution is -2.27. The van der Waals surface area contributed by atoms with Crippen LogP contribution in [0.1, 0.15) is 20.3 Å². The minimum atomic E-state index is -3.44. The van der Waals surface area contributed by atoms with Crippen molar-refractivity contribution in [1.82, 2.24) is 9.62 Å². The Labute approximate surface area is 121 Å². The van der Waals surface area contributed by atoms with E-state index in [1.165, 1.54) is 0 Å². The zero-order valence-electron chi connectivity index (χ0n) is 12.3. The minimum Gasteiger partial charge on any atom is -0.380 e. The van der Waals surface area contributed by atoms with E-state index < -0.39 is 10.0 Å². The molecule has 0 amide bonds. The number of para-hydroxylation sites is 1.